The van der Waals surface area contributed by atoms with Crippen LogP contribution in [0.25, 0.3) is 17.0 Å². The Bertz CT molecular complexity index is 1240. The average Bonchev–Trinajstić information content (AvgIpc) is 3.60. The lowest BCUT2D eigenvalue weighted by molar-refractivity contribution is -0.129. The molecule has 4 heterocycles. The van der Waals surface area contributed by atoms with Crippen molar-refractivity contribution in [3.05, 3.63) is 60.4 Å². The summed E-state index contributed by atoms with van der Waals surface area (Å²) in [6.07, 6.45) is 9.75. The number of ether oxygens (including phenoxy) is 2. The lowest BCUT2D eigenvalue weighted by Crippen LogP contribution is -2.49. The fourth-order valence-electron chi connectivity index (χ4n) is 5.64. The fourth-order valence-corrected chi connectivity index (χ4v) is 5.64. The summed E-state index contributed by atoms with van der Waals surface area (Å²) in [6.45, 7) is 6.17. The van der Waals surface area contributed by atoms with Crippen LogP contribution in [0.2, 0.25) is 0 Å². The van der Waals surface area contributed by atoms with Gasteiger partial charge in [0.25, 0.3) is 0 Å². The Morgan fingerprint density at radius 2 is 1.86 bits per heavy atom. The molecule has 3 aliphatic heterocycles. The van der Waals surface area contributed by atoms with Crippen molar-refractivity contribution in [3.8, 4) is 11.5 Å². The number of piperazine rings is 1. The molecule has 0 unspecified atom stereocenters. The van der Waals surface area contributed by atoms with E-state index in [0.717, 1.165) is 86.6 Å². The maximum Gasteiger partial charge on any atom is 0.246 e. The number of fused-ring (bicyclic) bond motifs is 2. The molecule has 0 bridgehead atoms. The molecule has 1 atom stereocenters. The number of piperidine rings is 1. The second-order valence-corrected chi connectivity index (χ2v) is 9.86. The molecule has 0 radical (unpaired) electrons. The molecular formula is C29H33N3O4. The van der Waals surface area contributed by atoms with E-state index in [1.54, 1.807) is 12.3 Å². The molecule has 2 aromatic carbocycles. The van der Waals surface area contributed by atoms with Gasteiger partial charge in [0.15, 0.2) is 17.1 Å². The quantitative estimate of drug-likeness (QED) is 0.467. The predicted octanol–water partition coefficient (Wildman–Crippen LogP) is 4.77. The summed E-state index contributed by atoms with van der Waals surface area (Å²) in [5, 5.41) is 1.16. The van der Waals surface area contributed by atoms with Gasteiger partial charge in [0, 0.05) is 56.8 Å². The van der Waals surface area contributed by atoms with E-state index in [1.165, 1.54) is 12.1 Å². The molecule has 6 rings (SSSR count). The largest absolute Gasteiger partial charge is 0.462 e. The van der Waals surface area contributed by atoms with Gasteiger partial charge in [-0.1, -0.05) is 18.2 Å². The summed E-state index contributed by atoms with van der Waals surface area (Å²) >= 11 is 0. The zero-order valence-electron chi connectivity index (χ0n) is 20.6. The van der Waals surface area contributed by atoms with Crippen molar-refractivity contribution in [3.63, 3.8) is 0 Å². The Kier molecular flexibility index (Phi) is 6.55. The molecule has 0 spiro atoms. The lowest BCUT2D eigenvalue weighted by Gasteiger charge is -2.39. The van der Waals surface area contributed by atoms with Crippen molar-refractivity contribution in [1.29, 1.82) is 0 Å². The number of benzene rings is 2. The molecule has 7 nitrogen and oxygen atoms in total. The van der Waals surface area contributed by atoms with Crippen LogP contribution < -0.4 is 14.4 Å². The molecule has 188 valence electrons. The number of nitrogens with zero attached hydrogens (tertiary/aromatic N) is 3. The van der Waals surface area contributed by atoms with Crippen molar-refractivity contribution < 1.29 is 18.7 Å². The number of amides is 1. The van der Waals surface area contributed by atoms with Crippen LogP contribution in [0.3, 0.4) is 0 Å². The Balaban J connectivity index is 1.02. The van der Waals surface area contributed by atoms with Gasteiger partial charge < -0.3 is 23.7 Å². The van der Waals surface area contributed by atoms with Crippen LogP contribution in [0, 0.1) is 0 Å². The smallest absolute Gasteiger partial charge is 0.246 e. The summed E-state index contributed by atoms with van der Waals surface area (Å²) in [4.78, 5) is 20.2. The molecule has 0 saturated carbocycles. The molecule has 3 aromatic rings. The van der Waals surface area contributed by atoms with Crippen LogP contribution in [0.15, 0.2) is 59.2 Å². The maximum absolute atomic E-state index is 13.1. The summed E-state index contributed by atoms with van der Waals surface area (Å²) in [7, 11) is 0. The van der Waals surface area contributed by atoms with E-state index in [9.17, 15) is 4.79 Å². The van der Waals surface area contributed by atoms with Gasteiger partial charge in [0.1, 0.15) is 0 Å². The molecule has 1 aromatic heterocycles. The molecule has 1 amide bonds. The third kappa shape index (κ3) is 4.80. The average molecular weight is 488 g/mol. The first-order valence-corrected chi connectivity index (χ1v) is 13.1. The van der Waals surface area contributed by atoms with Crippen molar-refractivity contribution in [2.45, 2.75) is 31.7 Å². The van der Waals surface area contributed by atoms with Crippen molar-refractivity contribution in [2.24, 2.45) is 0 Å². The monoisotopic (exact) mass is 487 g/mol. The third-order valence-corrected chi connectivity index (χ3v) is 7.67. The zero-order chi connectivity index (χ0) is 24.3. The van der Waals surface area contributed by atoms with Gasteiger partial charge >= 0.3 is 0 Å². The first-order chi connectivity index (χ1) is 17.7. The van der Waals surface area contributed by atoms with Gasteiger partial charge in [0.05, 0.1) is 12.0 Å². The maximum atomic E-state index is 13.1. The topological polar surface area (TPSA) is 58.4 Å². The fraction of sp³-hybridized carbons (Fsp3) is 0.414. The highest BCUT2D eigenvalue weighted by Crippen LogP contribution is 2.33. The normalized spacial score (nSPS) is 20.5. The van der Waals surface area contributed by atoms with Gasteiger partial charge in [-0.25, -0.2) is 0 Å². The van der Waals surface area contributed by atoms with Gasteiger partial charge in [0.2, 0.25) is 12.7 Å². The second-order valence-electron chi connectivity index (χ2n) is 9.86. The van der Waals surface area contributed by atoms with Crippen LogP contribution in [-0.2, 0) is 4.79 Å². The minimum Gasteiger partial charge on any atom is -0.462 e. The first-order valence-electron chi connectivity index (χ1n) is 13.1. The molecular weight excluding hydrogens is 454 g/mol. The van der Waals surface area contributed by atoms with Crippen LogP contribution in [0.1, 0.15) is 31.2 Å². The van der Waals surface area contributed by atoms with E-state index in [1.807, 2.05) is 30.3 Å². The van der Waals surface area contributed by atoms with E-state index in [-0.39, 0.29) is 12.7 Å². The Morgan fingerprint density at radius 3 is 2.78 bits per heavy atom. The molecule has 0 N–H and O–H groups in total. The number of carbonyl (C=O) groups excluding carboxylic acids is 1. The van der Waals surface area contributed by atoms with Crippen molar-refractivity contribution in [1.82, 2.24) is 9.80 Å². The number of furan rings is 1. The molecule has 7 heteroatoms. The van der Waals surface area contributed by atoms with Gasteiger partial charge in [-0.05, 0) is 61.6 Å². The highest BCUT2D eigenvalue weighted by Gasteiger charge is 2.27. The number of para-hydroxylation sites is 1. The number of likely N-dealkylation sites (tertiary alicyclic amines) is 1. The highest BCUT2D eigenvalue weighted by molar-refractivity contribution is 5.92. The number of rotatable bonds is 6. The molecule has 36 heavy (non-hydrogen) atoms. The second kappa shape index (κ2) is 10.3. The SMILES string of the molecule is O=C(C=Cc1ccc2c(c1)OCO2)N1CCCC[C@H]1CCN1CCN(c2cccc3ccoc23)CC1. The van der Waals surface area contributed by atoms with E-state index in [0.29, 0.717) is 6.04 Å². The van der Waals surface area contributed by atoms with Crippen molar-refractivity contribution >= 4 is 28.6 Å². The van der Waals surface area contributed by atoms with E-state index >= 15 is 0 Å². The zero-order valence-corrected chi connectivity index (χ0v) is 20.6. The summed E-state index contributed by atoms with van der Waals surface area (Å²) in [5.74, 6) is 1.60. The van der Waals surface area contributed by atoms with E-state index in [4.69, 9.17) is 13.9 Å². The van der Waals surface area contributed by atoms with Crippen LogP contribution in [-0.4, -0.2) is 67.8 Å². The molecule has 2 fully saturated rings. The minimum absolute atomic E-state index is 0.105. The number of carbonyl (C=O) groups is 1. The third-order valence-electron chi connectivity index (χ3n) is 7.67. The predicted molar refractivity (Wildman–Crippen MR) is 140 cm³/mol. The highest BCUT2D eigenvalue weighted by atomic mass is 16.7. The van der Waals surface area contributed by atoms with Crippen LogP contribution in [0.4, 0.5) is 5.69 Å². The van der Waals surface area contributed by atoms with Crippen molar-refractivity contribution in [2.75, 3.05) is 51.0 Å². The van der Waals surface area contributed by atoms with E-state index < -0.39 is 0 Å². The van der Waals surface area contributed by atoms with Gasteiger partial charge in [-0.2, -0.15) is 0 Å². The standard InChI is InChI=1S/C29H33N3O4/c33-28(10-8-22-7-9-26-27(20-22)36-21-35-26)32-13-2-1-5-24(32)11-14-30-15-17-31(18-16-30)25-6-3-4-23-12-19-34-29(23)25/h3-4,6-10,12,19-20,24H,1-2,5,11,13-18,21H2/t24-/m0/s1. The summed E-state index contributed by atoms with van der Waals surface area (Å²) < 4.78 is 16.6. The van der Waals surface area contributed by atoms with Gasteiger partial charge in [-0.3, -0.25) is 9.69 Å². The Labute approximate surface area is 211 Å². The molecule has 3 aliphatic rings. The molecule has 0 aliphatic carbocycles. The van der Waals surface area contributed by atoms with Crippen LogP contribution in [0.5, 0.6) is 11.5 Å². The first kappa shape index (κ1) is 23.0. The Hall–Kier alpha value is -3.45. The molecule has 2 saturated heterocycles. The van der Waals surface area contributed by atoms with Gasteiger partial charge in [-0.15, -0.1) is 0 Å². The lowest BCUT2D eigenvalue weighted by atomic mass is 9.98. The van der Waals surface area contributed by atoms with Crippen LogP contribution >= 0.6 is 0 Å². The number of hydrogen-bond donors (Lipinski definition) is 0. The minimum atomic E-state index is 0.105. The summed E-state index contributed by atoms with van der Waals surface area (Å²) in [5.41, 5.74) is 3.12. The summed E-state index contributed by atoms with van der Waals surface area (Å²) in [6, 6.07) is 14.5. The number of anilines is 1. The number of hydrogen-bond acceptors (Lipinski definition) is 6. The Morgan fingerprint density at radius 1 is 0.972 bits per heavy atom. The van der Waals surface area contributed by atoms with E-state index in [2.05, 4.69) is 32.9 Å².